The second-order valence-corrected chi connectivity index (χ2v) is 3.45. The third-order valence-electron chi connectivity index (χ3n) is 0.342. The molecule has 0 bridgehead atoms. The molecule has 6 heteroatoms. The van der Waals surface area contributed by atoms with E-state index >= 15 is 0 Å². The lowest BCUT2D eigenvalue weighted by atomic mass is 10.8. The zero-order valence-electron chi connectivity index (χ0n) is 3.95. The Hall–Kier alpha value is 0.400. The Morgan fingerprint density at radius 1 is 1.75 bits per heavy atom. The van der Waals surface area contributed by atoms with Gasteiger partial charge in [0.05, 0.1) is 13.2 Å². The van der Waals surface area contributed by atoms with Crippen molar-refractivity contribution in [1.82, 2.24) is 0 Å². The maximum atomic E-state index is 9.96. The maximum Gasteiger partial charge on any atom is 0.421 e. The van der Waals surface area contributed by atoms with Crippen molar-refractivity contribution >= 4 is 18.2 Å². The van der Waals surface area contributed by atoms with E-state index in [2.05, 4.69) is 15.8 Å². The molecule has 0 aliphatic carbocycles. The van der Waals surface area contributed by atoms with E-state index in [9.17, 15) is 4.57 Å². The third kappa shape index (κ3) is 6.40. The van der Waals surface area contributed by atoms with E-state index in [1.165, 1.54) is 0 Å². The van der Waals surface area contributed by atoms with Crippen LogP contribution in [0.3, 0.4) is 0 Å². The highest BCUT2D eigenvalue weighted by Crippen LogP contribution is 2.46. The van der Waals surface area contributed by atoms with Crippen LogP contribution in [0.2, 0.25) is 0 Å². The summed E-state index contributed by atoms with van der Waals surface area (Å²) in [6, 6.07) is 0. The summed E-state index contributed by atoms with van der Waals surface area (Å²) in [5, 5.41) is 8.01. The molecule has 8 heavy (non-hydrogen) atoms. The molecule has 1 unspecified atom stereocenters. The van der Waals surface area contributed by atoms with E-state index in [4.69, 9.17) is 10.00 Å². The first-order valence-electron chi connectivity index (χ1n) is 1.84. The molecule has 0 amide bonds. The van der Waals surface area contributed by atoms with E-state index in [0.29, 0.717) is 0 Å². The summed E-state index contributed by atoms with van der Waals surface area (Å²) in [5.74, 6) is 0. The van der Waals surface area contributed by atoms with E-state index in [0.717, 1.165) is 0 Å². The molecule has 0 saturated heterocycles. The van der Waals surface area contributed by atoms with Gasteiger partial charge in [0.1, 0.15) is 0 Å². The molecule has 1 atom stereocenters. The minimum Gasteiger partial charge on any atom is -0.394 e. The first-order chi connectivity index (χ1) is 3.56. The maximum absolute atomic E-state index is 9.96. The number of rotatable bonds is 3. The predicted octanol–water partition coefficient (Wildman–Crippen LogP) is 0.334. The molecule has 2 N–H and O–H groups in total. The Labute approximate surface area is 51.4 Å². The minimum atomic E-state index is -3.87. The van der Waals surface area contributed by atoms with Gasteiger partial charge in [-0.15, -0.1) is 0 Å². The van der Waals surface area contributed by atoms with Crippen molar-refractivity contribution in [2.75, 3.05) is 13.2 Å². The van der Waals surface area contributed by atoms with E-state index in [1.54, 1.807) is 0 Å². The third-order valence-corrected chi connectivity index (χ3v) is 1.14. The molecule has 0 fully saturated rings. The van der Waals surface area contributed by atoms with Crippen LogP contribution in [0.1, 0.15) is 0 Å². The van der Waals surface area contributed by atoms with Crippen molar-refractivity contribution in [1.29, 1.82) is 0 Å². The average Bonchev–Trinajstić information content (AvgIpc) is 1.59. The molecular formula is C2H6ClO4P. The van der Waals surface area contributed by atoms with Crippen molar-refractivity contribution < 1.29 is 19.1 Å². The van der Waals surface area contributed by atoms with Crippen LogP contribution in [0.5, 0.6) is 0 Å². The Kier molecular flexibility index (Phi) is 3.60. The van der Waals surface area contributed by atoms with Gasteiger partial charge in [-0.05, 0) is 0 Å². The van der Waals surface area contributed by atoms with Crippen LogP contribution in [0, 0.1) is 0 Å². The van der Waals surface area contributed by atoms with E-state index in [-0.39, 0.29) is 13.2 Å². The van der Waals surface area contributed by atoms with Crippen LogP contribution >= 0.6 is 18.2 Å². The van der Waals surface area contributed by atoms with Crippen LogP contribution in [-0.2, 0) is 9.09 Å². The molecule has 0 aromatic heterocycles. The Balaban J connectivity index is 3.26. The summed E-state index contributed by atoms with van der Waals surface area (Å²) in [7, 11) is 0. The SMILES string of the molecule is O=P(O)(Cl)OCCO. The van der Waals surface area contributed by atoms with Crippen molar-refractivity contribution in [2.24, 2.45) is 0 Å². The zero-order chi connectivity index (χ0) is 6.62. The molecule has 0 radical (unpaired) electrons. The van der Waals surface area contributed by atoms with Gasteiger partial charge in [0.25, 0.3) is 0 Å². The molecule has 0 rings (SSSR count). The lowest BCUT2D eigenvalue weighted by Crippen LogP contribution is -1.93. The summed E-state index contributed by atoms with van der Waals surface area (Å²) in [6.45, 7) is -4.39. The van der Waals surface area contributed by atoms with E-state index in [1.807, 2.05) is 0 Å². The first kappa shape index (κ1) is 8.40. The van der Waals surface area contributed by atoms with Gasteiger partial charge in [-0.25, -0.2) is 4.57 Å². The number of halogens is 1. The largest absolute Gasteiger partial charge is 0.421 e. The molecule has 0 spiro atoms. The van der Waals surface area contributed by atoms with Crippen molar-refractivity contribution in [3.8, 4) is 0 Å². The molecule has 0 saturated carbocycles. The van der Waals surface area contributed by atoms with Gasteiger partial charge in [-0.3, -0.25) is 4.52 Å². The Bertz CT molecular complexity index is 98.2. The van der Waals surface area contributed by atoms with Crippen molar-refractivity contribution in [3.05, 3.63) is 0 Å². The highest BCUT2D eigenvalue weighted by molar-refractivity contribution is 7.80. The Morgan fingerprint density at radius 2 is 2.25 bits per heavy atom. The van der Waals surface area contributed by atoms with Crippen LogP contribution in [0.25, 0.3) is 0 Å². The van der Waals surface area contributed by atoms with Crippen LogP contribution < -0.4 is 0 Å². The fourth-order valence-corrected chi connectivity index (χ4v) is 0.667. The van der Waals surface area contributed by atoms with Gasteiger partial charge in [-0.2, -0.15) is 0 Å². The number of hydrogen-bond donors (Lipinski definition) is 2. The standard InChI is InChI=1S/C2H6ClO4P/c3-8(5,6)7-2-1-4/h4H,1-2H2,(H,5,6). The molecule has 4 nitrogen and oxygen atoms in total. The summed E-state index contributed by atoms with van der Waals surface area (Å²) >= 11 is 4.69. The van der Waals surface area contributed by atoms with Crippen molar-refractivity contribution in [3.63, 3.8) is 0 Å². The molecule has 0 aromatic carbocycles. The summed E-state index contributed by atoms with van der Waals surface area (Å²) < 4.78 is 14.0. The lowest BCUT2D eigenvalue weighted by Gasteiger charge is -1.99. The monoisotopic (exact) mass is 160 g/mol. The molecular weight excluding hydrogens is 154 g/mol. The zero-order valence-corrected chi connectivity index (χ0v) is 5.60. The minimum absolute atomic E-state index is 0.211. The normalized spacial score (nSPS) is 17.9. The van der Waals surface area contributed by atoms with Crippen molar-refractivity contribution in [2.45, 2.75) is 0 Å². The lowest BCUT2D eigenvalue weighted by molar-refractivity contribution is 0.190. The quantitative estimate of drug-likeness (QED) is 0.584. The first-order valence-corrected chi connectivity index (χ1v) is 4.32. The number of hydrogen-bond acceptors (Lipinski definition) is 3. The van der Waals surface area contributed by atoms with Gasteiger partial charge < -0.3 is 10.00 Å². The van der Waals surface area contributed by atoms with Gasteiger partial charge in [-0.1, -0.05) is 0 Å². The number of aliphatic hydroxyl groups is 1. The topological polar surface area (TPSA) is 66.8 Å². The van der Waals surface area contributed by atoms with Gasteiger partial charge in [0, 0.05) is 11.2 Å². The second-order valence-electron chi connectivity index (χ2n) is 1.01. The van der Waals surface area contributed by atoms with Gasteiger partial charge in [0.15, 0.2) is 0 Å². The molecule has 50 valence electrons. The highest BCUT2D eigenvalue weighted by atomic mass is 35.7. The molecule has 0 aromatic rings. The predicted molar refractivity (Wildman–Crippen MR) is 28.7 cm³/mol. The molecule has 0 heterocycles. The molecule has 0 aliphatic rings. The van der Waals surface area contributed by atoms with E-state index < -0.39 is 6.95 Å². The van der Waals surface area contributed by atoms with Gasteiger partial charge >= 0.3 is 6.95 Å². The summed E-state index contributed by atoms with van der Waals surface area (Å²) in [4.78, 5) is 8.14. The molecule has 0 aliphatic heterocycles. The smallest absolute Gasteiger partial charge is 0.394 e. The Morgan fingerprint density at radius 3 is 2.38 bits per heavy atom. The fraction of sp³-hybridized carbons (Fsp3) is 1.00. The fourth-order valence-electron chi connectivity index (χ4n) is 0.153. The highest BCUT2D eigenvalue weighted by Gasteiger charge is 2.11. The summed E-state index contributed by atoms with van der Waals surface area (Å²) in [5.41, 5.74) is 0. The van der Waals surface area contributed by atoms with Crippen LogP contribution in [0.4, 0.5) is 0 Å². The average molecular weight is 160 g/mol. The van der Waals surface area contributed by atoms with Gasteiger partial charge in [0.2, 0.25) is 0 Å². The number of aliphatic hydroxyl groups excluding tert-OH is 1. The summed E-state index contributed by atoms with van der Waals surface area (Å²) in [6.07, 6.45) is 0. The van der Waals surface area contributed by atoms with Crippen LogP contribution in [-0.4, -0.2) is 23.2 Å². The second kappa shape index (κ2) is 3.43. The van der Waals surface area contributed by atoms with Crippen LogP contribution in [0.15, 0.2) is 0 Å².